The van der Waals surface area contributed by atoms with Gasteiger partial charge < -0.3 is 9.15 Å². The largest absolute Gasteiger partial charge is 0.444 e. The molecule has 0 unspecified atom stereocenters. The van der Waals surface area contributed by atoms with Crippen LogP contribution >= 0.6 is 0 Å². The summed E-state index contributed by atoms with van der Waals surface area (Å²) in [6.45, 7) is 0.655. The van der Waals surface area contributed by atoms with Crippen molar-refractivity contribution in [1.82, 2.24) is 4.98 Å². The summed E-state index contributed by atoms with van der Waals surface area (Å²) in [7, 11) is -3.23. The quantitative estimate of drug-likeness (QED) is 0.848. The average molecular weight is 307 g/mol. The van der Waals surface area contributed by atoms with Crippen molar-refractivity contribution in [2.75, 3.05) is 12.4 Å². The van der Waals surface area contributed by atoms with Crippen LogP contribution < -0.4 is 0 Å². The van der Waals surface area contributed by atoms with Crippen molar-refractivity contribution in [3.05, 3.63) is 42.3 Å². The van der Waals surface area contributed by atoms with Gasteiger partial charge in [-0.1, -0.05) is 18.2 Å². The van der Waals surface area contributed by atoms with E-state index < -0.39 is 9.84 Å². The third kappa shape index (κ3) is 3.71. The summed E-state index contributed by atoms with van der Waals surface area (Å²) in [6, 6.07) is 9.41. The van der Waals surface area contributed by atoms with Crippen molar-refractivity contribution in [2.45, 2.75) is 24.7 Å². The third-order valence-electron chi connectivity index (χ3n) is 3.40. The molecule has 1 aliphatic rings. The Balaban J connectivity index is 1.69. The van der Waals surface area contributed by atoms with Crippen LogP contribution in [0.25, 0.3) is 11.5 Å². The van der Waals surface area contributed by atoms with Crippen molar-refractivity contribution in [3.63, 3.8) is 0 Å². The second-order valence-corrected chi connectivity index (χ2v) is 7.31. The highest BCUT2D eigenvalue weighted by molar-refractivity contribution is 7.90. The van der Waals surface area contributed by atoms with Gasteiger partial charge in [0.2, 0.25) is 5.89 Å². The lowest BCUT2D eigenvalue weighted by Gasteiger charge is -2.08. The van der Waals surface area contributed by atoms with Gasteiger partial charge in [0.15, 0.2) is 9.84 Å². The van der Waals surface area contributed by atoms with E-state index in [1.54, 1.807) is 0 Å². The second kappa shape index (κ2) is 5.99. The zero-order chi connectivity index (χ0) is 14.7. The predicted octanol–water partition coefficient (Wildman–Crippen LogP) is 2.44. The van der Waals surface area contributed by atoms with Gasteiger partial charge in [0.25, 0.3) is 0 Å². The summed E-state index contributed by atoms with van der Waals surface area (Å²) < 4.78 is 35.0. The third-order valence-corrected chi connectivity index (χ3v) is 5.02. The van der Waals surface area contributed by atoms with Gasteiger partial charge >= 0.3 is 0 Å². The van der Waals surface area contributed by atoms with E-state index >= 15 is 0 Å². The molecular formula is C15H17NO4S. The molecule has 1 fully saturated rings. The van der Waals surface area contributed by atoms with Gasteiger partial charge in [0.05, 0.1) is 23.3 Å². The monoisotopic (exact) mass is 307 g/mol. The molecule has 0 radical (unpaired) electrons. The summed E-state index contributed by atoms with van der Waals surface area (Å²) in [6.07, 6.45) is 2.99. The Morgan fingerprint density at radius 3 is 2.76 bits per heavy atom. The van der Waals surface area contributed by atoms with Gasteiger partial charge in [-0.3, -0.25) is 0 Å². The minimum Gasteiger partial charge on any atom is -0.444 e. The Kier molecular flexibility index (Phi) is 4.07. The zero-order valence-corrected chi connectivity index (χ0v) is 12.4. The van der Waals surface area contributed by atoms with Gasteiger partial charge in [-0.05, 0) is 25.0 Å². The van der Waals surface area contributed by atoms with Crippen LogP contribution in [0.4, 0.5) is 0 Å². The minimum absolute atomic E-state index is 0.0561. The lowest BCUT2D eigenvalue weighted by molar-refractivity contribution is 0.127. The summed E-state index contributed by atoms with van der Waals surface area (Å²) in [5.74, 6) is 0.391. The van der Waals surface area contributed by atoms with E-state index in [4.69, 9.17) is 9.15 Å². The first kappa shape index (κ1) is 14.3. The van der Waals surface area contributed by atoms with Gasteiger partial charge in [-0.2, -0.15) is 0 Å². The normalized spacial score (nSPS) is 19.0. The zero-order valence-electron chi connectivity index (χ0n) is 11.6. The molecule has 21 heavy (non-hydrogen) atoms. The molecule has 2 heterocycles. The molecule has 5 nitrogen and oxygen atoms in total. The molecule has 0 amide bonds. The Labute approximate surface area is 123 Å². The summed E-state index contributed by atoms with van der Waals surface area (Å²) >= 11 is 0. The smallest absolute Gasteiger partial charge is 0.226 e. The van der Waals surface area contributed by atoms with Crippen LogP contribution in [-0.4, -0.2) is 31.9 Å². The highest BCUT2D eigenvalue weighted by Crippen LogP contribution is 2.20. The van der Waals surface area contributed by atoms with Crippen LogP contribution in [0.2, 0.25) is 0 Å². The first-order valence-corrected chi connectivity index (χ1v) is 8.76. The van der Waals surface area contributed by atoms with Gasteiger partial charge in [0, 0.05) is 12.2 Å². The maximum atomic E-state index is 12.1. The molecule has 0 spiro atoms. The SMILES string of the molecule is O=S(=O)(Cc1coc(-c2ccccc2)n1)C[C@H]1CCCO1. The number of oxazole rings is 1. The van der Waals surface area contributed by atoms with E-state index in [0.29, 0.717) is 18.2 Å². The fourth-order valence-corrected chi connectivity index (χ4v) is 3.96. The van der Waals surface area contributed by atoms with Gasteiger partial charge in [0.1, 0.15) is 6.26 Å². The second-order valence-electron chi connectivity index (χ2n) is 5.20. The standard InChI is InChI=1S/C15H17NO4S/c17-21(18,11-14-7-4-8-19-14)10-13-9-20-15(16-13)12-5-2-1-3-6-12/h1-3,5-6,9,14H,4,7-8,10-11H2/t14-/m1/s1. The highest BCUT2D eigenvalue weighted by Gasteiger charge is 2.24. The number of sulfone groups is 1. The molecular weight excluding hydrogens is 290 g/mol. The number of rotatable bonds is 5. The van der Waals surface area contributed by atoms with Crippen molar-refractivity contribution >= 4 is 9.84 Å². The molecule has 1 atom stereocenters. The number of aromatic nitrogens is 1. The lowest BCUT2D eigenvalue weighted by Crippen LogP contribution is -2.21. The first-order chi connectivity index (χ1) is 10.1. The van der Waals surface area contributed by atoms with E-state index in [1.807, 2.05) is 30.3 Å². The van der Waals surface area contributed by atoms with Crippen LogP contribution in [0.15, 0.2) is 41.0 Å². The van der Waals surface area contributed by atoms with E-state index in [2.05, 4.69) is 4.98 Å². The van der Waals surface area contributed by atoms with E-state index in [0.717, 1.165) is 18.4 Å². The fourth-order valence-electron chi connectivity index (χ4n) is 2.43. The molecule has 0 saturated carbocycles. The molecule has 0 aliphatic carbocycles. The van der Waals surface area contributed by atoms with Gasteiger partial charge in [-0.25, -0.2) is 13.4 Å². The van der Waals surface area contributed by atoms with Crippen LogP contribution in [0.3, 0.4) is 0 Å². The molecule has 1 aliphatic heterocycles. The Morgan fingerprint density at radius 1 is 1.24 bits per heavy atom. The topological polar surface area (TPSA) is 69.4 Å². The number of hydrogen-bond acceptors (Lipinski definition) is 5. The van der Waals surface area contributed by atoms with Crippen LogP contribution in [0.5, 0.6) is 0 Å². The van der Waals surface area contributed by atoms with E-state index in [1.165, 1.54) is 6.26 Å². The molecule has 0 bridgehead atoms. The molecule has 6 heteroatoms. The summed E-state index contributed by atoms with van der Waals surface area (Å²) in [4.78, 5) is 4.25. The Hall–Kier alpha value is -1.66. The van der Waals surface area contributed by atoms with E-state index in [-0.39, 0.29) is 17.6 Å². The van der Waals surface area contributed by atoms with E-state index in [9.17, 15) is 8.42 Å². The molecule has 1 saturated heterocycles. The molecule has 0 N–H and O–H groups in total. The molecule has 1 aromatic carbocycles. The Morgan fingerprint density at radius 2 is 2.05 bits per heavy atom. The molecule has 2 aromatic rings. The average Bonchev–Trinajstić information content (AvgIpc) is 3.10. The van der Waals surface area contributed by atoms with Crippen molar-refractivity contribution < 1.29 is 17.6 Å². The maximum absolute atomic E-state index is 12.1. The fraction of sp³-hybridized carbons (Fsp3) is 0.400. The predicted molar refractivity (Wildman–Crippen MR) is 78.4 cm³/mol. The van der Waals surface area contributed by atoms with Crippen molar-refractivity contribution in [2.24, 2.45) is 0 Å². The number of nitrogens with zero attached hydrogens (tertiary/aromatic N) is 1. The highest BCUT2D eigenvalue weighted by atomic mass is 32.2. The number of ether oxygens (including phenoxy) is 1. The molecule has 3 rings (SSSR count). The summed E-state index contributed by atoms with van der Waals surface area (Å²) in [5.41, 5.74) is 1.27. The number of hydrogen-bond donors (Lipinski definition) is 0. The number of benzene rings is 1. The van der Waals surface area contributed by atoms with Crippen molar-refractivity contribution in [1.29, 1.82) is 0 Å². The molecule has 112 valence electrons. The Bertz CT molecular complexity index is 687. The maximum Gasteiger partial charge on any atom is 0.226 e. The van der Waals surface area contributed by atoms with Gasteiger partial charge in [-0.15, -0.1) is 0 Å². The minimum atomic E-state index is -3.23. The first-order valence-electron chi connectivity index (χ1n) is 6.94. The molecule has 1 aromatic heterocycles. The lowest BCUT2D eigenvalue weighted by atomic mass is 10.2. The van der Waals surface area contributed by atoms with Crippen molar-refractivity contribution in [3.8, 4) is 11.5 Å². The summed E-state index contributed by atoms with van der Waals surface area (Å²) in [5, 5.41) is 0. The van der Waals surface area contributed by atoms with Crippen LogP contribution in [0, 0.1) is 0 Å². The van der Waals surface area contributed by atoms with Crippen LogP contribution in [-0.2, 0) is 20.3 Å². The van der Waals surface area contributed by atoms with Crippen LogP contribution in [0.1, 0.15) is 18.5 Å².